The van der Waals surface area contributed by atoms with Gasteiger partial charge in [-0.3, -0.25) is 4.68 Å². The lowest BCUT2D eigenvalue weighted by atomic mass is 10.2. The standard InChI is InChI=1S/C8H13IN2/c1-2-3-4-6-11-7-5-8(9)10-11/h5,7H,2-4,6H2,1H3. The molecule has 2 nitrogen and oxygen atoms in total. The first-order chi connectivity index (χ1) is 5.33. The smallest absolute Gasteiger partial charge is 0.123 e. The zero-order chi connectivity index (χ0) is 8.10. The number of nitrogens with zero attached hydrogens (tertiary/aromatic N) is 2. The van der Waals surface area contributed by atoms with Gasteiger partial charge in [-0.2, -0.15) is 5.10 Å². The summed E-state index contributed by atoms with van der Waals surface area (Å²) < 4.78 is 3.09. The number of aryl methyl sites for hydroxylation is 1. The number of hydrogen-bond donors (Lipinski definition) is 0. The molecule has 11 heavy (non-hydrogen) atoms. The molecule has 0 amide bonds. The van der Waals surface area contributed by atoms with Crippen molar-refractivity contribution in [2.24, 2.45) is 0 Å². The van der Waals surface area contributed by atoms with E-state index >= 15 is 0 Å². The third kappa shape index (κ3) is 3.22. The Morgan fingerprint density at radius 2 is 2.36 bits per heavy atom. The van der Waals surface area contributed by atoms with Gasteiger partial charge in [-0.1, -0.05) is 19.8 Å². The molecule has 3 heteroatoms. The Bertz CT molecular complexity index is 208. The summed E-state index contributed by atoms with van der Waals surface area (Å²) in [5, 5.41) is 4.29. The van der Waals surface area contributed by atoms with Gasteiger partial charge in [0.15, 0.2) is 0 Å². The summed E-state index contributed by atoms with van der Waals surface area (Å²) in [6.45, 7) is 3.28. The van der Waals surface area contributed by atoms with Crippen molar-refractivity contribution in [3.63, 3.8) is 0 Å². The highest BCUT2D eigenvalue weighted by atomic mass is 127. The molecule has 0 radical (unpaired) electrons. The van der Waals surface area contributed by atoms with Gasteiger partial charge in [-0.05, 0) is 35.1 Å². The summed E-state index contributed by atoms with van der Waals surface area (Å²) in [6.07, 6.45) is 5.86. The topological polar surface area (TPSA) is 17.8 Å². The molecule has 1 heterocycles. The third-order valence-corrected chi connectivity index (χ3v) is 2.17. The van der Waals surface area contributed by atoms with Gasteiger partial charge in [0.1, 0.15) is 3.70 Å². The monoisotopic (exact) mass is 264 g/mol. The molecule has 0 saturated carbocycles. The van der Waals surface area contributed by atoms with E-state index in [2.05, 4.69) is 34.6 Å². The Labute approximate surface area is 81.1 Å². The van der Waals surface area contributed by atoms with Crippen LogP contribution < -0.4 is 0 Å². The van der Waals surface area contributed by atoms with E-state index in [1.54, 1.807) is 0 Å². The Morgan fingerprint density at radius 3 is 2.91 bits per heavy atom. The first kappa shape index (κ1) is 9.03. The molecule has 0 unspecified atom stereocenters. The van der Waals surface area contributed by atoms with Crippen molar-refractivity contribution in [3.8, 4) is 0 Å². The molecule has 0 saturated heterocycles. The van der Waals surface area contributed by atoms with Gasteiger partial charge in [-0.25, -0.2) is 0 Å². The lowest BCUT2D eigenvalue weighted by Crippen LogP contribution is -1.98. The molecule has 0 aromatic carbocycles. The predicted molar refractivity (Wildman–Crippen MR) is 54.5 cm³/mol. The van der Waals surface area contributed by atoms with Crippen LogP contribution in [0.1, 0.15) is 26.2 Å². The van der Waals surface area contributed by atoms with Crippen LogP contribution >= 0.6 is 22.6 Å². The SMILES string of the molecule is CCCCCn1ccc(I)n1. The lowest BCUT2D eigenvalue weighted by Gasteiger charge is -1.98. The van der Waals surface area contributed by atoms with Crippen molar-refractivity contribution in [3.05, 3.63) is 16.0 Å². The minimum absolute atomic E-state index is 1.07. The van der Waals surface area contributed by atoms with Crippen LogP contribution in [0.5, 0.6) is 0 Å². The quantitative estimate of drug-likeness (QED) is 0.604. The second-order valence-electron chi connectivity index (χ2n) is 2.61. The van der Waals surface area contributed by atoms with Gasteiger partial charge in [0, 0.05) is 12.7 Å². The second-order valence-corrected chi connectivity index (χ2v) is 3.71. The van der Waals surface area contributed by atoms with E-state index in [0.29, 0.717) is 0 Å². The molecular formula is C8H13IN2. The van der Waals surface area contributed by atoms with Gasteiger partial charge >= 0.3 is 0 Å². The molecule has 0 spiro atoms. The average molecular weight is 264 g/mol. The Kier molecular flexibility index (Phi) is 3.90. The Balaban J connectivity index is 2.27. The van der Waals surface area contributed by atoms with Gasteiger partial charge < -0.3 is 0 Å². The van der Waals surface area contributed by atoms with E-state index in [1.165, 1.54) is 19.3 Å². The molecule has 0 aliphatic rings. The van der Waals surface area contributed by atoms with E-state index in [1.807, 2.05) is 16.9 Å². The zero-order valence-electron chi connectivity index (χ0n) is 6.76. The summed E-state index contributed by atoms with van der Waals surface area (Å²) in [5.74, 6) is 0. The zero-order valence-corrected chi connectivity index (χ0v) is 8.91. The highest BCUT2D eigenvalue weighted by molar-refractivity contribution is 14.1. The van der Waals surface area contributed by atoms with Crippen LogP contribution in [0.25, 0.3) is 0 Å². The Morgan fingerprint density at radius 1 is 1.55 bits per heavy atom. The van der Waals surface area contributed by atoms with E-state index in [-0.39, 0.29) is 0 Å². The summed E-state index contributed by atoms with van der Waals surface area (Å²) >= 11 is 2.23. The van der Waals surface area contributed by atoms with Gasteiger partial charge in [0.25, 0.3) is 0 Å². The van der Waals surface area contributed by atoms with E-state index in [9.17, 15) is 0 Å². The van der Waals surface area contributed by atoms with Crippen molar-refractivity contribution < 1.29 is 0 Å². The van der Waals surface area contributed by atoms with Crippen molar-refractivity contribution >= 4 is 22.6 Å². The minimum atomic E-state index is 1.07. The molecule has 0 aliphatic carbocycles. The Hall–Kier alpha value is -0.0600. The van der Waals surface area contributed by atoms with Crippen LogP contribution in [0.2, 0.25) is 0 Å². The fourth-order valence-corrected chi connectivity index (χ4v) is 1.42. The summed E-state index contributed by atoms with van der Waals surface area (Å²) in [5.41, 5.74) is 0. The number of aromatic nitrogens is 2. The summed E-state index contributed by atoms with van der Waals surface area (Å²) in [7, 11) is 0. The maximum atomic E-state index is 4.29. The minimum Gasteiger partial charge on any atom is -0.272 e. The van der Waals surface area contributed by atoms with Crippen molar-refractivity contribution in [1.82, 2.24) is 9.78 Å². The van der Waals surface area contributed by atoms with Crippen molar-refractivity contribution in [1.29, 1.82) is 0 Å². The number of unbranched alkanes of at least 4 members (excludes halogenated alkanes) is 2. The molecule has 62 valence electrons. The highest BCUT2D eigenvalue weighted by Gasteiger charge is 1.93. The first-order valence-electron chi connectivity index (χ1n) is 4.02. The van der Waals surface area contributed by atoms with Crippen LogP contribution in [0, 0.1) is 3.70 Å². The number of hydrogen-bond acceptors (Lipinski definition) is 1. The molecule has 1 rings (SSSR count). The molecule has 0 fully saturated rings. The third-order valence-electron chi connectivity index (χ3n) is 1.60. The number of rotatable bonds is 4. The van der Waals surface area contributed by atoms with Gasteiger partial charge in [-0.15, -0.1) is 0 Å². The largest absolute Gasteiger partial charge is 0.272 e. The lowest BCUT2D eigenvalue weighted by molar-refractivity contribution is 0.551. The highest BCUT2D eigenvalue weighted by Crippen LogP contribution is 2.01. The molecular weight excluding hydrogens is 251 g/mol. The molecule has 1 aromatic rings. The normalized spacial score (nSPS) is 10.4. The molecule has 0 N–H and O–H groups in total. The fourth-order valence-electron chi connectivity index (χ4n) is 0.985. The van der Waals surface area contributed by atoms with Crippen molar-refractivity contribution in [2.75, 3.05) is 0 Å². The predicted octanol–water partition coefficient (Wildman–Crippen LogP) is 2.68. The van der Waals surface area contributed by atoms with Crippen LogP contribution in [0.15, 0.2) is 12.3 Å². The van der Waals surface area contributed by atoms with E-state index in [4.69, 9.17) is 0 Å². The van der Waals surface area contributed by atoms with E-state index in [0.717, 1.165) is 10.2 Å². The second kappa shape index (κ2) is 4.74. The average Bonchev–Trinajstić information content (AvgIpc) is 2.37. The van der Waals surface area contributed by atoms with Gasteiger partial charge in [0.05, 0.1) is 0 Å². The maximum Gasteiger partial charge on any atom is 0.123 e. The van der Waals surface area contributed by atoms with Crippen molar-refractivity contribution in [2.45, 2.75) is 32.7 Å². The molecule has 0 atom stereocenters. The summed E-state index contributed by atoms with van der Waals surface area (Å²) in [6, 6.07) is 2.03. The molecule has 1 aromatic heterocycles. The molecule has 0 bridgehead atoms. The van der Waals surface area contributed by atoms with Crippen LogP contribution in [0.4, 0.5) is 0 Å². The van der Waals surface area contributed by atoms with Gasteiger partial charge in [0.2, 0.25) is 0 Å². The van der Waals surface area contributed by atoms with E-state index < -0.39 is 0 Å². The molecule has 0 aliphatic heterocycles. The first-order valence-corrected chi connectivity index (χ1v) is 5.09. The van der Waals surface area contributed by atoms with Crippen LogP contribution in [-0.4, -0.2) is 9.78 Å². The fraction of sp³-hybridized carbons (Fsp3) is 0.625. The van der Waals surface area contributed by atoms with Crippen LogP contribution in [0.3, 0.4) is 0 Å². The summed E-state index contributed by atoms with van der Waals surface area (Å²) in [4.78, 5) is 0. The maximum absolute atomic E-state index is 4.29. The van der Waals surface area contributed by atoms with Crippen LogP contribution in [-0.2, 0) is 6.54 Å². The number of halogens is 1.